The van der Waals surface area contributed by atoms with Crippen LogP contribution in [0.5, 0.6) is 5.75 Å². The maximum Gasteiger partial charge on any atom is 0.434 e. The van der Waals surface area contributed by atoms with E-state index >= 15 is 0 Å². The summed E-state index contributed by atoms with van der Waals surface area (Å²) in [6.45, 7) is 2.21. The molecule has 0 aliphatic heterocycles. The van der Waals surface area contributed by atoms with E-state index in [-0.39, 0.29) is 18.0 Å². The molecular weight excluding hydrogens is 303 g/mol. The molecule has 0 radical (unpaired) electrons. The van der Waals surface area contributed by atoms with E-state index in [1.807, 2.05) is 0 Å². The molecule has 0 aromatic heterocycles. The summed E-state index contributed by atoms with van der Waals surface area (Å²) >= 11 is 0. The van der Waals surface area contributed by atoms with Crippen molar-refractivity contribution in [3.05, 3.63) is 35.6 Å². The van der Waals surface area contributed by atoms with Gasteiger partial charge in [0, 0.05) is 0 Å². The zero-order chi connectivity index (χ0) is 16.9. The lowest BCUT2D eigenvalue weighted by molar-refractivity contribution is -0.138. The summed E-state index contributed by atoms with van der Waals surface area (Å²) in [6.07, 6.45) is -4.98. The summed E-state index contributed by atoms with van der Waals surface area (Å²) in [4.78, 5) is 15.0. The van der Waals surface area contributed by atoms with Crippen molar-refractivity contribution >= 4 is 17.4 Å². The van der Waals surface area contributed by atoms with Gasteiger partial charge in [0.1, 0.15) is 17.1 Å². The number of aliphatic hydroxyl groups is 1. The number of aliphatic hydroxyl groups excluding tert-OH is 1. The predicted octanol–water partition coefficient (Wildman–Crippen LogP) is 3.42. The van der Waals surface area contributed by atoms with Crippen LogP contribution < -0.4 is 0 Å². The molecule has 120 valence electrons. The van der Waals surface area contributed by atoms with E-state index in [1.165, 1.54) is 6.92 Å². The van der Waals surface area contributed by atoms with Gasteiger partial charge in [-0.15, -0.1) is 0 Å². The topological polar surface area (TPSA) is 79.1 Å². The zero-order valence-electron chi connectivity index (χ0n) is 11.8. The van der Waals surface area contributed by atoms with Gasteiger partial charge in [0.25, 0.3) is 0 Å². The minimum absolute atomic E-state index is 0.145. The SMILES string of the molecule is CCOC(=O)/C(C(=Nc1ccc(O)cc1)C(F)(F)F)=C(\C)O. The highest BCUT2D eigenvalue weighted by atomic mass is 19.4. The number of phenols is 1. The number of aromatic hydroxyl groups is 1. The highest BCUT2D eigenvalue weighted by Gasteiger charge is 2.42. The van der Waals surface area contributed by atoms with Gasteiger partial charge in [-0.05, 0) is 38.1 Å². The summed E-state index contributed by atoms with van der Waals surface area (Å²) in [5.41, 5.74) is -2.77. The van der Waals surface area contributed by atoms with Gasteiger partial charge >= 0.3 is 12.1 Å². The molecule has 0 bridgehead atoms. The number of hydrogen-bond acceptors (Lipinski definition) is 5. The lowest BCUT2D eigenvalue weighted by Crippen LogP contribution is -2.30. The third-order valence-corrected chi connectivity index (χ3v) is 2.44. The van der Waals surface area contributed by atoms with Crippen molar-refractivity contribution < 1.29 is 32.9 Å². The quantitative estimate of drug-likeness (QED) is 0.386. The first-order chi connectivity index (χ1) is 10.2. The highest BCUT2D eigenvalue weighted by molar-refractivity contribution is 6.22. The second-order valence-corrected chi connectivity index (χ2v) is 4.16. The number of aliphatic imine (C=N–C) groups is 1. The number of esters is 1. The van der Waals surface area contributed by atoms with Crippen molar-refractivity contribution in [1.82, 2.24) is 0 Å². The summed E-state index contributed by atoms with van der Waals surface area (Å²) in [7, 11) is 0. The number of nitrogens with zero attached hydrogens (tertiary/aromatic N) is 1. The number of carbonyl (C=O) groups excluding carboxylic acids is 1. The fraction of sp³-hybridized carbons (Fsp3) is 0.286. The van der Waals surface area contributed by atoms with Gasteiger partial charge in [0.2, 0.25) is 0 Å². The maximum absolute atomic E-state index is 13.2. The first-order valence-corrected chi connectivity index (χ1v) is 6.19. The van der Waals surface area contributed by atoms with Gasteiger partial charge in [-0.1, -0.05) is 0 Å². The molecule has 0 aliphatic carbocycles. The third kappa shape index (κ3) is 4.51. The Labute approximate surface area is 124 Å². The largest absolute Gasteiger partial charge is 0.512 e. The number of allylic oxidation sites excluding steroid dienone is 1. The number of alkyl halides is 3. The van der Waals surface area contributed by atoms with Crippen molar-refractivity contribution in [2.75, 3.05) is 6.61 Å². The molecule has 0 spiro atoms. The predicted molar refractivity (Wildman–Crippen MR) is 73.2 cm³/mol. The Morgan fingerprint density at radius 2 is 1.82 bits per heavy atom. The number of benzene rings is 1. The molecule has 1 rings (SSSR count). The zero-order valence-corrected chi connectivity index (χ0v) is 11.8. The number of phenolic OH excluding ortho intramolecular Hbond substituents is 1. The Hall–Kier alpha value is -2.51. The number of ether oxygens (including phenoxy) is 1. The number of hydrogen-bond donors (Lipinski definition) is 2. The standard InChI is InChI=1S/C14H14F3NO4/c1-3-22-13(21)11(8(2)19)12(14(15,16)17)18-9-4-6-10(20)7-5-9/h4-7,19-20H,3H2,1-2H3/b11-8+,18-12?. The van der Waals surface area contributed by atoms with Crippen LogP contribution in [0.15, 0.2) is 40.6 Å². The Morgan fingerprint density at radius 3 is 2.23 bits per heavy atom. The smallest absolute Gasteiger partial charge is 0.434 e. The van der Waals surface area contributed by atoms with Crippen molar-refractivity contribution in [1.29, 1.82) is 0 Å². The number of carbonyl (C=O) groups is 1. The Kier molecular flexibility index (Phi) is 5.56. The van der Waals surface area contributed by atoms with Gasteiger partial charge in [0.15, 0.2) is 5.71 Å². The van der Waals surface area contributed by atoms with Crippen LogP contribution in [0.3, 0.4) is 0 Å². The van der Waals surface area contributed by atoms with E-state index in [2.05, 4.69) is 9.73 Å². The molecule has 1 aromatic carbocycles. The first-order valence-electron chi connectivity index (χ1n) is 6.19. The molecule has 0 saturated heterocycles. The summed E-state index contributed by atoms with van der Waals surface area (Å²) < 4.78 is 44.0. The minimum atomic E-state index is -4.98. The second-order valence-electron chi connectivity index (χ2n) is 4.16. The number of rotatable bonds is 4. The van der Waals surface area contributed by atoms with Gasteiger partial charge in [-0.25, -0.2) is 9.79 Å². The van der Waals surface area contributed by atoms with Crippen molar-refractivity contribution in [3.8, 4) is 5.75 Å². The van der Waals surface area contributed by atoms with Crippen LogP contribution in [-0.4, -0.2) is 34.7 Å². The minimum Gasteiger partial charge on any atom is -0.512 e. The summed E-state index contributed by atoms with van der Waals surface area (Å²) in [6, 6.07) is 4.56. The van der Waals surface area contributed by atoms with E-state index in [9.17, 15) is 23.1 Å². The van der Waals surface area contributed by atoms with Crippen LogP contribution in [0.2, 0.25) is 0 Å². The van der Waals surface area contributed by atoms with Crippen LogP contribution in [0.1, 0.15) is 13.8 Å². The van der Waals surface area contributed by atoms with Gasteiger partial charge in [0.05, 0.1) is 12.3 Å². The Morgan fingerprint density at radius 1 is 1.27 bits per heavy atom. The van der Waals surface area contributed by atoms with Gasteiger partial charge in [-0.3, -0.25) is 0 Å². The van der Waals surface area contributed by atoms with E-state index in [4.69, 9.17) is 5.11 Å². The molecule has 0 saturated carbocycles. The molecular formula is C14H14F3NO4. The van der Waals surface area contributed by atoms with E-state index in [0.29, 0.717) is 0 Å². The van der Waals surface area contributed by atoms with E-state index in [1.54, 1.807) is 0 Å². The van der Waals surface area contributed by atoms with Crippen molar-refractivity contribution in [3.63, 3.8) is 0 Å². The molecule has 0 fully saturated rings. The average Bonchev–Trinajstić information content (AvgIpc) is 2.39. The molecule has 22 heavy (non-hydrogen) atoms. The second kappa shape index (κ2) is 6.97. The van der Waals surface area contributed by atoms with Gasteiger partial charge in [-0.2, -0.15) is 13.2 Å². The molecule has 0 atom stereocenters. The number of halogens is 3. The lowest BCUT2D eigenvalue weighted by Gasteiger charge is -2.14. The molecule has 0 amide bonds. The monoisotopic (exact) mass is 317 g/mol. The third-order valence-electron chi connectivity index (χ3n) is 2.44. The first kappa shape index (κ1) is 17.5. The molecule has 1 aromatic rings. The summed E-state index contributed by atoms with van der Waals surface area (Å²) in [5.74, 6) is -2.32. The molecule has 5 nitrogen and oxygen atoms in total. The van der Waals surface area contributed by atoms with Crippen LogP contribution in [-0.2, 0) is 9.53 Å². The molecule has 0 heterocycles. The average molecular weight is 317 g/mol. The van der Waals surface area contributed by atoms with Crippen LogP contribution in [0.25, 0.3) is 0 Å². The molecule has 8 heteroatoms. The molecule has 0 unspecified atom stereocenters. The highest BCUT2D eigenvalue weighted by Crippen LogP contribution is 2.28. The van der Waals surface area contributed by atoms with E-state index in [0.717, 1.165) is 31.2 Å². The fourth-order valence-corrected chi connectivity index (χ4v) is 1.54. The molecule has 2 N–H and O–H groups in total. The van der Waals surface area contributed by atoms with Gasteiger partial charge < -0.3 is 14.9 Å². The van der Waals surface area contributed by atoms with E-state index < -0.39 is 29.2 Å². The van der Waals surface area contributed by atoms with Crippen molar-refractivity contribution in [2.24, 2.45) is 4.99 Å². The van der Waals surface area contributed by atoms with Crippen LogP contribution in [0.4, 0.5) is 18.9 Å². The molecule has 0 aliphatic rings. The lowest BCUT2D eigenvalue weighted by atomic mass is 10.1. The maximum atomic E-state index is 13.2. The van der Waals surface area contributed by atoms with Crippen molar-refractivity contribution in [2.45, 2.75) is 20.0 Å². The van der Waals surface area contributed by atoms with Crippen LogP contribution >= 0.6 is 0 Å². The Balaban J connectivity index is 3.42. The fourth-order valence-electron chi connectivity index (χ4n) is 1.54. The Bertz CT molecular complexity index is 600. The van der Waals surface area contributed by atoms with Crippen LogP contribution in [0, 0.1) is 0 Å². The summed E-state index contributed by atoms with van der Waals surface area (Å²) in [5, 5.41) is 18.5. The normalized spacial score (nSPS) is 13.6.